The first kappa shape index (κ1) is 26.1. The lowest BCUT2D eigenvalue weighted by Gasteiger charge is -2.35. The Labute approximate surface area is 229 Å². The third-order valence-electron chi connectivity index (χ3n) is 8.11. The van der Waals surface area contributed by atoms with Gasteiger partial charge in [0.15, 0.2) is 5.65 Å². The van der Waals surface area contributed by atoms with Crippen molar-refractivity contribution in [2.24, 2.45) is 0 Å². The Morgan fingerprint density at radius 1 is 1.00 bits per heavy atom. The molecule has 208 valence electrons. The van der Waals surface area contributed by atoms with E-state index in [0.29, 0.717) is 36.9 Å². The molecule has 1 saturated carbocycles. The third-order valence-corrected chi connectivity index (χ3v) is 8.70. The van der Waals surface area contributed by atoms with Gasteiger partial charge in [-0.05, 0) is 51.2 Å². The Morgan fingerprint density at radius 2 is 1.79 bits per heavy atom. The SMILES string of the molecule is Cc1ccc(NS(C)(=O)=O)c(C(=O)N2CCCC[C@H]2c2cc3nc(C4CCC4)cc(N4CCOCC4)n3n2)c1. The second-order valence-electron chi connectivity index (χ2n) is 11.0. The van der Waals surface area contributed by atoms with E-state index in [1.807, 2.05) is 22.4 Å². The molecule has 11 heteroatoms. The second-order valence-corrected chi connectivity index (χ2v) is 12.8. The van der Waals surface area contributed by atoms with E-state index in [-0.39, 0.29) is 11.9 Å². The van der Waals surface area contributed by atoms with Gasteiger partial charge >= 0.3 is 0 Å². The van der Waals surface area contributed by atoms with Crippen LogP contribution in [0.5, 0.6) is 0 Å². The molecule has 1 atom stereocenters. The van der Waals surface area contributed by atoms with Gasteiger partial charge in [0.2, 0.25) is 10.0 Å². The van der Waals surface area contributed by atoms with E-state index in [2.05, 4.69) is 15.7 Å². The molecule has 1 N–H and O–H groups in total. The van der Waals surface area contributed by atoms with Gasteiger partial charge in [0, 0.05) is 43.4 Å². The number of nitrogens with one attached hydrogen (secondary N) is 1. The van der Waals surface area contributed by atoms with Crippen LogP contribution in [0.4, 0.5) is 11.5 Å². The summed E-state index contributed by atoms with van der Waals surface area (Å²) in [7, 11) is -3.54. The number of aromatic nitrogens is 3. The molecule has 0 bridgehead atoms. The van der Waals surface area contributed by atoms with Crippen molar-refractivity contribution in [3.8, 4) is 0 Å². The highest BCUT2D eigenvalue weighted by Gasteiger charge is 2.33. The summed E-state index contributed by atoms with van der Waals surface area (Å²) < 4.78 is 34.1. The normalized spacial score (nSPS) is 20.7. The lowest BCUT2D eigenvalue weighted by molar-refractivity contribution is 0.0606. The fraction of sp³-hybridized carbons (Fsp3) is 0.536. The molecule has 6 rings (SSSR count). The van der Waals surface area contributed by atoms with Gasteiger partial charge in [-0.3, -0.25) is 9.52 Å². The zero-order chi connectivity index (χ0) is 27.1. The lowest BCUT2D eigenvalue weighted by atomic mass is 9.83. The first-order valence-electron chi connectivity index (χ1n) is 13.9. The molecular formula is C28H36N6O4S. The maximum Gasteiger partial charge on any atom is 0.256 e. The van der Waals surface area contributed by atoms with Gasteiger partial charge in [0.05, 0.1) is 42.5 Å². The molecule has 1 aliphatic carbocycles. The molecule has 2 saturated heterocycles. The molecule has 2 aliphatic heterocycles. The van der Waals surface area contributed by atoms with Crippen LogP contribution < -0.4 is 9.62 Å². The van der Waals surface area contributed by atoms with Crippen LogP contribution in [0.1, 0.15) is 77.8 Å². The number of amides is 1. The van der Waals surface area contributed by atoms with Gasteiger partial charge in [-0.25, -0.2) is 13.4 Å². The zero-order valence-corrected chi connectivity index (χ0v) is 23.4. The summed E-state index contributed by atoms with van der Waals surface area (Å²) in [5.74, 6) is 1.33. The van der Waals surface area contributed by atoms with Crippen LogP contribution in [0.3, 0.4) is 0 Å². The number of ether oxygens (including phenoxy) is 1. The number of sulfonamides is 1. The Morgan fingerprint density at radius 3 is 2.51 bits per heavy atom. The first-order valence-corrected chi connectivity index (χ1v) is 15.8. The zero-order valence-electron chi connectivity index (χ0n) is 22.6. The number of carbonyl (C=O) groups is 1. The average Bonchev–Trinajstić information content (AvgIpc) is 3.32. The molecule has 3 aliphatic rings. The molecule has 1 aromatic carbocycles. The number of carbonyl (C=O) groups excluding carboxylic acids is 1. The Balaban J connectivity index is 1.38. The number of nitrogens with zero attached hydrogens (tertiary/aromatic N) is 5. The highest BCUT2D eigenvalue weighted by Crippen LogP contribution is 2.38. The molecule has 39 heavy (non-hydrogen) atoms. The maximum absolute atomic E-state index is 14.0. The third kappa shape index (κ3) is 5.34. The summed E-state index contributed by atoms with van der Waals surface area (Å²) in [6.45, 7) is 5.45. The van der Waals surface area contributed by atoms with Crippen LogP contribution in [-0.4, -0.2) is 72.9 Å². The van der Waals surface area contributed by atoms with Gasteiger partial charge in [0.25, 0.3) is 5.91 Å². The molecule has 3 aromatic rings. The van der Waals surface area contributed by atoms with Crippen molar-refractivity contribution >= 4 is 33.1 Å². The van der Waals surface area contributed by atoms with E-state index in [9.17, 15) is 13.2 Å². The van der Waals surface area contributed by atoms with Gasteiger partial charge in [0.1, 0.15) is 5.82 Å². The molecule has 0 unspecified atom stereocenters. The number of hydrogen-bond donors (Lipinski definition) is 1. The number of anilines is 2. The molecule has 10 nitrogen and oxygen atoms in total. The number of rotatable bonds is 6. The summed E-state index contributed by atoms with van der Waals surface area (Å²) in [4.78, 5) is 23.2. The van der Waals surface area contributed by atoms with Crippen LogP contribution in [0, 0.1) is 6.92 Å². The Hall–Kier alpha value is -3.18. The number of piperidine rings is 1. The van der Waals surface area contributed by atoms with Crippen molar-refractivity contribution in [1.29, 1.82) is 0 Å². The highest BCUT2D eigenvalue weighted by atomic mass is 32.2. The second kappa shape index (κ2) is 10.4. The number of benzene rings is 1. The fourth-order valence-corrected chi connectivity index (χ4v) is 6.43. The van der Waals surface area contributed by atoms with Crippen LogP contribution in [-0.2, 0) is 14.8 Å². The van der Waals surface area contributed by atoms with Crippen molar-refractivity contribution in [2.75, 3.05) is 48.7 Å². The molecule has 2 aromatic heterocycles. The van der Waals surface area contributed by atoms with Crippen LogP contribution in [0.25, 0.3) is 5.65 Å². The smallest absolute Gasteiger partial charge is 0.256 e. The number of fused-ring (bicyclic) bond motifs is 1. The number of hydrogen-bond acceptors (Lipinski definition) is 7. The summed E-state index contributed by atoms with van der Waals surface area (Å²) in [6, 6.07) is 9.23. The van der Waals surface area contributed by atoms with E-state index in [1.54, 1.807) is 18.2 Å². The topological polar surface area (TPSA) is 109 Å². The minimum absolute atomic E-state index is 0.192. The van der Waals surface area contributed by atoms with Crippen molar-refractivity contribution in [3.63, 3.8) is 0 Å². The molecule has 0 radical (unpaired) electrons. The summed E-state index contributed by atoms with van der Waals surface area (Å²) >= 11 is 0. The monoisotopic (exact) mass is 552 g/mol. The maximum atomic E-state index is 14.0. The average molecular weight is 553 g/mol. The summed E-state index contributed by atoms with van der Waals surface area (Å²) in [5, 5.41) is 5.05. The fourth-order valence-electron chi connectivity index (χ4n) is 5.85. The largest absolute Gasteiger partial charge is 0.378 e. The number of likely N-dealkylation sites (tertiary alicyclic amines) is 1. The number of aryl methyl sites for hydroxylation is 1. The molecular weight excluding hydrogens is 516 g/mol. The lowest BCUT2D eigenvalue weighted by Crippen LogP contribution is -2.39. The molecule has 4 heterocycles. The van der Waals surface area contributed by atoms with Crippen LogP contribution in [0.15, 0.2) is 30.3 Å². The minimum atomic E-state index is -3.54. The van der Waals surface area contributed by atoms with E-state index < -0.39 is 10.0 Å². The van der Waals surface area contributed by atoms with Crippen LogP contribution >= 0.6 is 0 Å². The van der Waals surface area contributed by atoms with E-state index in [0.717, 1.165) is 79.9 Å². The van der Waals surface area contributed by atoms with Crippen molar-refractivity contribution in [3.05, 3.63) is 52.8 Å². The molecule has 1 amide bonds. The van der Waals surface area contributed by atoms with Gasteiger partial charge < -0.3 is 14.5 Å². The van der Waals surface area contributed by atoms with Crippen molar-refractivity contribution < 1.29 is 17.9 Å². The summed E-state index contributed by atoms with van der Waals surface area (Å²) in [5.41, 5.74) is 4.30. The highest BCUT2D eigenvalue weighted by molar-refractivity contribution is 7.92. The van der Waals surface area contributed by atoms with Crippen molar-refractivity contribution in [2.45, 2.75) is 57.4 Å². The quantitative estimate of drug-likeness (QED) is 0.494. The predicted molar refractivity (Wildman–Crippen MR) is 150 cm³/mol. The standard InChI is InChI=1S/C28H36N6O4S/c1-19-9-10-22(31-39(2,36)37)21(16-19)28(35)33-11-4-3-8-25(33)24-17-26-29-23(20-6-5-7-20)18-27(34(26)30-24)32-12-14-38-15-13-32/h9-10,16-18,20,25,31H,3-8,11-15H2,1-2H3/t25-/m0/s1. The van der Waals surface area contributed by atoms with E-state index >= 15 is 0 Å². The van der Waals surface area contributed by atoms with E-state index in [4.69, 9.17) is 14.8 Å². The van der Waals surface area contributed by atoms with Gasteiger partial charge in [-0.1, -0.05) is 18.1 Å². The number of morpholine rings is 1. The predicted octanol–water partition coefficient (Wildman–Crippen LogP) is 3.88. The summed E-state index contributed by atoms with van der Waals surface area (Å²) in [6.07, 6.45) is 7.33. The Bertz CT molecular complexity index is 1490. The van der Waals surface area contributed by atoms with E-state index in [1.165, 1.54) is 6.42 Å². The molecule has 0 spiro atoms. The molecule has 3 fully saturated rings. The Kier molecular flexibility index (Phi) is 6.96. The van der Waals surface area contributed by atoms with Crippen molar-refractivity contribution in [1.82, 2.24) is 19.5 Å². The van der Waals surface area contributed by atoms with Crippen LogP contribution in [0.2, 0.25) is 0 Å². The van der Waals surface area contributed by atoms with Gasteiger partial charge in [-0.2, -0.15) is 9.61 Å². The first-order chi connectivity index (χ1) is 18.8. The van der Waals surface area contributed by atoms with Gasteiger partial charge in [-0.15, -0.1) is 0 Å². The minimum Gasteiger partial charge on any atom is -0.378 e.